The summed E-state index contributed by atoms with van der Waals surface area (Å²) in [5.41, 5.74) is -0.554. The third kappa shape index (κ3) is 6.31. The lowest BCUT2D eigenvalue weighted by Gasteiger charge is -2.24. The molecule has 0 aliphatic heterocycles. The van der Waals surface area contributed by atoms with Gasteiger partial charge in [-0.15, -0.1) is 0 Å². The highest BCUT2D eigenvalue weighted by Gasteiger charge is 2.24. The molecule has 0 heterocycles. The lowest BCUT2D eigenvalue weighted by molar-refractivity contribution is 0.141. The van der Waals surface area contributed by atoms with Crippen molar-refractivity contribution in [2.24, 2.45) is 0 Å². The van der Waals surface area contributed by atoms with E-state index in [2.05, 4.69) is 10.0 Å². The van der Waals surface area contributed by atoms with E-state index in [1.807, 2.05) is 0 Å². The van der Waals surface area contributed by atoms with Crippen LogP contribution in [0.1, 0.15) is 13.8 Å². The van der Waals surface area contributed by atoms with Crippen molar-refractivity contribution < 1.29 is 13.2 Å². The molecule has 2 N–H and O–H groups in total. The summed E-state index contributed by atoms with van der Waals surface area (Å²) in [6, 6.07) is 0. The van der Waals surface area contributed by atoms with Gasteiger partial charge in [0.2, 0.25) is 10.0 Å². The molecule has 0 fully saturated rings. The van der Waals surface area contributed by atoms with Crippen LogP contribution in [0.4, 0.5) is 0 Å². The van der Waals surface area contributed by atoms with Crippen molar-refractivity contribution in [2.45, 2.75) is 19.4 Å². The van der Waals surface area contributed by atoms with Crippen molar-refractivity contribution in [1.82, 2.24) is 10.0 Å². The van der Waals surface area contributed by atoms with Gasteiger partial charge in [-0.05, 0) is 20.9 Å². The molecule has 0 aromatic heterocycles. The largest absolute Gasteiger partial charge is 0.383 e. The Morgan fingerprint density at radius 2 is 1.93 bits per heavy atom. The number of nitrogens with one attached hydrogen (secondary N) is 2. The average Bonchev–Trinajstić information content (AvgIpc) is 1.98. The molecular weight excluding hydrogens is 204 g/mol. The minimum atomic E-state index is -3.22. The van der Waals surface area contributed by atoms with Crippen LogP contribution in [-0.4, -0.2) is 47.0 Å². The van der Waals surface area contributed by atoms with Gasteiger partial charge >= 0.3 is 0 Å². The van der Waals surface area contributed by atoms with Gasteiger partial charge in [-0.2, -0.15) is 0 Å². The Labute approximate surface area is 86.3 Å². The fourth-order valence-electron chi connectivity index (χ4n) is 1.10. The van der Waals surface area contributed by atoms with Gasteiger partial charge in [0.1, 0.15) is 0 Å². The van der Waals surface area contributed by atoms with Crippen LogP contribution in [0.3, 0.4) is 0 Å². The molecule has 0 atom stereocenters. The van der Waals surface area contributed by atoms with Crippen LogP contribution in [0.25, 0.3) is 0 Å². The Balaban J connectivity index is 4.20. The van der Waals surface area contributed by atoms with Gasteiger partial charge in [0.05, 0.1) is 17.9 Å². The van der Waals surface area contributed by atoms with Gasteiger partial charge in [-0.25, -0.2) is 13.1 Å². The zero-order valence-corrected chi connectivity index (χ0v) is 10.1. The molecule has 0 rings (SSSR count). The Hall–Kier alpha value is -0.170. The van der Waals surface area contributed by atoms with Crippen molar-refractivity contribution in [1.29, 1.82) is 0 Å². The third-order valence-electron chi connectivity index (χ3n) is 1.56. The normalized spacial score (nSPS) is 13.1. The second kappa shape index (κ2) is 5.65. The van der Waals surface area contributed by atoms with E-state index in [1.54, 1.807) is 28.0 Å². The SMILES string of the molecule is CNCCS(=O)(=O)NC(C)(C)COC. The zero-order chi connectivity index (χ0) is 11.2. The molecule has 0 aliphatic rings. The first-order valence-electron chi connectivity index (χ1n) is 4.48. The first kappa shape index (κ1) is 13.8. The minimum absolute atomic E-state index is 0.0800. The van der Waals surface area contributed by atoms with E-state index >= 15 is 0 Å². The maximum absolute atomic E-state index is 11.5. The van der Waals surface area contributed by atoms with Crippen LogP contribution in [0.2, 0.25) is 0 Å². The molecule has 0 unspecified atom stereocenters. The van der Waals surface area contributed by atoms with Crippen molar-refractivity contribution >= 4 is 10.0 Å². The molecule has 0 aromatic rings. The molecule has 0 bridgehead atoms. The highest BCUT2D eigenvalue weighted by atomic mass is 32.2. The maximum Gasteiger partial charge on any atom is 0.213 e. The number of methoxy groups -OCH3 is 1. The number of rotatable bonds is 7. The van der Waals surface area contributed by atoms with Gasteiger partial charge in [0, 0.05) is 13.7 Å². The Kier molecular flexibility index (Phi) is 5.58. The van der Waals surface area contributed by atoms with Gasteiger partial charge in [0.15, 0.2) is 0 Å². The highest BCUT2D eigenvalue weighted by molar-refractivity contribution is 7.89. The zero-order valence-electron chi connectivity index (χ0n) is 9.25. The molecular formula is C8H20N2O3S. The molecule has 6 heteroatoms. The summed E-state index contributed by atoms with van der Waals surface area (Å²) in [7, 11) is 0.0472. The van der Waals surface area contributed by atoms with Crippen molar-refractivity contribution in [3.8, 4) is 0 Å². The fourth-order valence-corrected chi connectivity index (χ4v) is 2.57. The van der Waals surface area contributed by atoms with E-state index in [-0.39, 0.29) is 5.75 Å². The van der Waals surface area contributed by atoms with Crippen LogP contribution in [0.15, 0.2) is 0 Å². The molecule has 0 aromatic carbocycles. The standard InChI is InChI=1S/C8H20N2O3S/c1-8(2,7-13-4)10-14(11,12)6-5-9-3/h9-10H,5-7H2,1-4H3. The predicted molar refractivity (Wildman–Crippen MR) is 56.8 cm³/mol. The van der Waals surface area contributed by atoms with E-state index < -0.39 is 15.6 Å². The minimum Gasteiger partial charge on any atom is -0.383 e. The molecule has 0 aliphatic carbocycles. The quantitative estimate of drug-likeness (QED) is 0.614. The summed E-state index contributed by atoms with van der Waals surface area (Å²) in [4.78, 5) is 0. The Bertz CT molecular complexity index is 249. The van der Waals surface area contributed by atoms with Gasteiger partial charge in [-0.3, -0.25) is 0 Å². The van der Waals surface area contributed by atoms with Gasteiger partial charge in [-0.1, -0.05) is 0 Å². The van der Waals surface area contributed by atoms with Crippen LogP contribution in [-0.2, 0) is 14.8 Å². The lowest BCUT2D eigenvalue weighted by atomic mass is 10.1. The molecule has 0 saturated carbocycles. The molecule has 0 saturated heterocycles. The van der Waals surface area contributed by atoms with Crippen molar-refractivity contribution in [3.05, 3.63) is 0 Å². The maximum atomic E-state index is 11.5. The first-order chi connectivity index (χ1) is 6.33. The van der Waals surface area contributed by atoms with Crippen molar-refractivity contribution in [2.75, 3.05) is 33.1 Å². The third-order valence-corrected chi connectivity index (χ3v) is 3.16. The van der Waals surface area contributed by atoms with E-state index in [4.69, 9.17) is 4.74 Å². The fraction of sp³-hybridized carbons (Fsp3) is 1.00. The van der Waals surface area contributed by atoms with E-state index in [0.29, 0.717) is 13.2 Å². The summed E-state index contributed by atoms with van der Waals surface area (Å²) >= 11 is 0. The average molecular weight is 224 g/mol. The lowest BCUT2D eigenvalue weighted by Crippen LogP contribution is -2.48. The highest BCUT2D eigenvalue weighted by Crippen LogP contribution is 2.04. The van der Waals surface area contributed by atoms with Crippen LogP contribution in [0, 0.1) is 0 Å². The number of hydrogen-bond acceptors (Lipinski definition) is 4. The summed E-state index contributed by atoms with van der Waals surface area (Å²) < 4.78 is 30.4. The summed E-state index contributed by atoms with van der Waals surface area (Å²) in [6.07, 6.45) is 0. The van der Waals surface area contributed by atoms with Crippen molar-refractivity contribution in [3.63, 3.8) is 0 Å². The van der Waals surface area contributed by atoms with E-state index in [0.717, 1.165) is 0 Å². The Morgan fingerprint density at radius 1 is 1.36 bits per heavy atom. The topological polar surface area (TPSA) is 67.4 Å². The van der Waals surface area contributed by atoms with E-state index in [9.17, 15) is 8.42 Å². The van der Waals surface area contributed by atoms with Gasteiger partial charge < -0.3 is 10.1 Å². The van der Waals surface area contributed by atoms with Crippen LogP contribution >= 0.6 is 0 Å². The molecule has 5 nitrogen and oxygen atoms in total. The van der Waals surface area contributed by atoms with Crippen LogP contribution in [0.5, 0.6) is 0 Å². The molecule has 0 spiro atoms. The number of sulfonamides is 1. The summed E-state index contributed by atoms with van der Waals surface area (Å²) in [5, 5.41) is 2.79. The monoisotopic (exact) mass is 224 g/mol. The smallest absolute Gasteiger partial charge is 0.213 e. The second-order valence-electron chi connectivity index (χ2n) is 3.84. The predicted octanol–water partition coefficient (Wildman–Crippen LogP) is -0.450. The molecule has 86 valence electrons. The molecule has 0 radical (unpaired) electrons. The second-order valence-corrected chi connectivity index (χ2v) is 5.68. The Morgan fingerprint density at radius 3 is 2.36 bits per heavy atom. The summed E-state index contributed by atoms with van der Waals surface area (Å²) in [5.74, 6) is 0.0800. The van der Waals surface area contributed by atoms with Crippen LogP contribution < -0.4 is 10.0 Å². The molecule has 0 amide bonds. The number of ether oxygens (including phenoxy) is 1. The molecule has 14 heavy (non-hydrogen) atoms. The van der Waals surface area contributed by atoms with E-state index in [1.165, 1.54) is 0 Å². The summed E-state index contributed by atoms with van der Waals surface area (Å²) in [6.45, 7) is 4.37. The first-order valence-corrected chi connectivity index (χ1v) is 6.13. The van der Waals surface area contributed by atoms with Gasteiger partial charge in [0.25, 0.3) is 0 Å². The number of hydrogen-bond donors (Lipinski definition) is 2.